The van der Waals surface area contributed by atoms with E-state index in [4.69, 9.17) is 14.9 Å². The van der Waals surface area contributed by atoms with Crippen molar-refractivity contribution in [2.24, 2.45) is 0 Å². The third-order valence-electron chi connectivity index (χ3n) is 7.75. The first-order valence-electron chi connectivity index (χ1n) is 17.6. The maximum Gasteiger partial charge on any atom is 0.328 e. The standard InChI is InChI=1S/C35H64N2O7/c1-3-5-7-9-11-12-13-15-17-23-27-34(41)44-30(24-20-16-14-10-8-6-4-2)25-21-18-19-22-26-32(39)36-28-33(40)37-31(29-38)35(42)43/h20,24,30-31,38H,3-19,21-23,25-29H2,1-2H3,(H,36,39)(H,37,40)(H,42,43)/b24-20-. The van der Waals surface area contributed by atoms with Gasteiger partial charge in [0.25, 0.3) is 0 Å². The fourth-order valence-corrected chi connectivity index (χ4v) is 4.98. The lowest BCUT2D eigenvalue weighted by atomic mass is 10.1. The second-order valence-electron chi connectivity index (χ2n) is 12.0. The van der Waals surface area contributed by atoms with Gasteiger partial charge in [0.2, 0.25) is 11.8 Å². The van der Waals surface area contributed by atoms with Gasteiger partial charge in [0.15, 0.2) is 0 Å². The molecule has 4 N–H and O–H groups in total. The van der Waals surface area contributed by atoms with Crippen LogP contribution in [0, 0.1) is 0 Å². The molecule has 0 saturated heterocycles. The van der Waals surface area contributed by atoms with E-state index in [0.29, 0.717) is 12.8 Å². The largest absolute Gasteiger partial charge is 0.480 e. The summed E-state index contributed by atoms with van der Waals surface area (Å²) in [6.07, 6.45) is 28.3. The van der Waals surface area contributed by atoms with E-state index in [2.05, 4.69) is 36.6 Å². The number of carbonyl (C=O) groups excluding carboxylic acids is 3. The Morgan fingerprint density at radius 1 is 0.682 bits per heavy atom. The van der Waals surface area contributed by atoms with E-state index in [1.165, 1.54) is 77.0 Å². The molecule has 0 heterocycles. The summed E-state index contributed by atoms with van der Waals surface area (Å²) in [5.41, 5.74) is 0. The molecule has 0 aromatic carbocycles. The average Bonchev–Trinajstić information content (AvgIpc) is 3.00. The first-order valence-corrected chi connectivity index (χ1v) is 17.6. The lowest BCUT2D eigenvalue weighted by molar-refractivity contribution is -0.147. The third-order valence-corrected chi connectivity index (χ3v) is 7.75. The maximum atomic E-state index is 12.6. The molecular formula is C35H64N2O7. The van der Waals surface area contributed by atoms with Gasteiger partial charge in [0.1, 0.15) is 12.1 Å². The molecular weight excluding hydrogens is 560 g/mol. The van der Waals surface area contributed by atoms with Crippen molar-refractivity contribution in [1.82, 2.24) is 10.6 Å². The van der Waals surface area contributed by atoms with Crippen LogP contribution in [0.2, 0.25) is 0 Å². The zero-order valence-electron chi connectivity index (χ0n) is 27.9. The highest BCUT2D eigenvalue weighted by Crippen LogP contribution is 2.15. The van der Waals surface area contributed by atoms with Crippen molar-refractivity contribution >= 4 is 23.8 Å². The fraction of sp³-hybridized carbons (Fsp3) is 0.829. The molecule has 2 amide bonds. The first-order chi connectivity index (χ1) is 21.3. The monoisotopic (exact) mass is 624 g/mol. The normalized spacial score (nSPS) is 12.6. The summed E-state index contributed by atoms with van der Waals surface area (Å²) in [5.74, 6) is -2.40. The SMILES string of the molecule is CCCCCCC/C=C\C(CCCCCCC(=O)NCC(=O)NC(CO)C(=O)O)OC(=O)CCCCCCCCCCCC. The number of carboxylic acid groups (broad SMARTS) is 1. The van der Waals surface area contributed by atoms with Crippen molar-refractivity contribution in [3.05, 3.63) is 12.2 Å². The number of allylic oxidation sites excluding steroid dienone is 1. The highest BCUT2D eigenvalue weighted by Gasteiger charge is 2.18. The minimum absolute atomic E-state index is 0.114. The summed E-state index contributed by atoms with van der Waals surface area (Å²) in [5, 5.41) is 22.4. The molecule has 0 aliphatic carbocycles. The van der Waals surface area contributed by atoms with Gasteiger partial charge in [-0.05, 0) is 44.6 Å². The third kappa shape index (κ3) is 27.2. The Hall–Kier alpha value is -2.42. The molecule has 0 aromatic rings. The summed E-state index contributed by atoms with van der Waals surface area (Å²) in [6, 6.07) is -1.39. The van der Waals surface area contributed by atoms with Crippen LogP contribution in [0.5, 0.6) is 0 Å². The van der Waals surface area contributed by atoms with E-state index in [1.54, 1.807) is 0 Å². The van der Waals surface area contributed by atoms with Gasteiger partial charge in [-0.2, -0.15) is 0 Å². The van der Waals surface area contributed by atoms with Crippen LogP contribution in [0.1, 0.15) is 162 Å². The van der Waals surface area contributed by atoms with E-state index in [1.807, 2.05) is 0 Å². The summed E-state index contributed by atoms with van der Waals surface area (Å²) < 4.78 is 5.85. The molecule has 0 aromatic heterocycles. The number of unbranched alkanes of at least 4 members (excludes halogenated alkanes) is 17. The van der Waals surface area contributed by atoms with Gasteiger partial charge in [-0.25, -0.2) is 4.79 Å². The Labute approximate surface area is 267 Å². The number of amides is 2. The molecule has 0 rings (SSSR count). The van der Waals surface area contributed by atoms with Crippen molar-refractivity contribution in [2.75, 3.05) is 13.2 Å². The van der Waals surface area contributed by atoms with Crippen molar-refractivity contribution in [3.63, 3.8) is 0 Å². The smallest absolute Gasteiger partial charge is 0.328 e. The number of aliphatic hydroxyl groups excluding tert-OH is 1. The van der Waals surface area contributed by atoms with E-state index < -0.39 is 24.5 Å². The predicted octanol–water partition coefficient (Wildman–Crippen LogP) is 7.14. The molecule has 0 fully saturated rings. The van der Waals surface area contributed by atoms with Gasteiger partial charge in [-0.1, -0.05) is 116 Å². The number of nitrogens with one attached hydrogen (secondary N) is 2. The highest BCUT2D eigenvalue weighted by molar-refractivity contribution is 5.87. The van der Waals surface area contributed by atoms with Crippen LogP contribution in [0.4, 0.5) is 0 Å². The van der Waals surface area contributed by atoms with Crippen molar-refractivity contribution in [2.45, 2.75) is 174 Å². The number of hydrogen-bond donors (Lipinski definition) is 4. The average molecular weight is 625 g/mol. The van der Waals surface area contributed by atoms with E-state index in [9.17, 15) is 19.2 Å². The molecule has 2 atom stereocenters. The molecule has 256 valence electrons. The number of ether oxygens (including phenoxy) is 1. The summed E-state index contributed by atoms with van der Waals surface area (Å²) in [4.78, 5) is 47.2. The number of hydrogen-bond acceptors (Lipinski definition) is 6. The molecule has 9 nitrogen and oxygen atoms in total. The molecule has 0 aliphatic rings. The van der Waals surface area contributed by atoms with Gasteiger partial charge in [0.05, 0.1) is 13.2 Å². The number of rotatable bonds is 31. The molecule has 2 unspecified atom stereocenters. The summed E-state index contributed by atoms with van der Waals surface area (Å²) in [7, 11) is 0. The van der Waals surface area contributed by atoms with E-state index in [0.717, 1.165) is 51.4 Å². The molecule has 44 heavy (non-hydrogen) atoms. The number of aliphatic carboxylic acids is 1. The Balaban J connectivity index is 4.29. The number of esters is 1. The van der Waals surface area contributed by atoms with Gasteiger partial charge >= 0.3 is 11.9 Å². The van der Waals surface area contributed by atoms with Crippen molar-refractivity contribution < 1.29 is 34.1 Å². The van der Waals surface area contributed by atoms with Gasteiger partial charge in [-0.3, -0.25) is 14.4 Å². The molecule has 0 radical (unpaired) electrons. The quantitative estimate of drug-likeness (QED) is 0.0365. The number of carboxylic acids is 1. The van der Waals surface area contributed by atoms with Crippen LogP contribution >= 0.6 is 0 Å². The summed E-state index contributed by atoms with van der Waals surface area (Å²) >= 11 is 0. The van der Waals surface area contributed by atoms with Crippen LogP contribution in [-0.2, 0) is 23.9 Å². The topological polar surface area (TPSA) is 142 Å². The van der Waals surface area contributed by atoms with Crippen LogP contribution in [0.3, 0.4) is 0 Å². The van der Waals surface area contributed by atoms with E-state index in [-0.39, 0.29) is 30.9 Å². The Morgan fingerprint density at radius 3 is 1.77 bits per heavy atom. The fourth-order valence-electron chi connectivity index (χ4n) is 4.98. The Bertz CT molecular complexity index is 772. The minimum Gasteiger partial charge on any atom is -0.480 e. The van der Waals surface area contributed by atoms with Crippen LogP contribution < -0.4 is 10.6 Å². The van der Waals surface area contributed by atoms with Crippen molar-refractivity contribution in [1.29, 1.82) is 0 Å². The summed E-state index contributed by atoms with van der Waals surface area (Å²) in [6.45, 7) is 3.40. The zero-order chi connectivity index (χ0) is 32.7. The zero-order valence-corrected chi connectivity index (χ0v) is 27.9. The lowest BCUT2D eigenvalue weighted by Gasteiger charge is -2.15. The van der Waals surface area contributed by atoms with Crippen molar-refractivity contribution in [3.8, 4) is 0 Å². The second kappa shape index (κ2) is 30.6. The lowest BCUT2D eigenvalue weighted by Crippen LogP contribution is -2.47. The van der Waals surface area contributed by atoms with Crippen LogP contribution in [0.25, 0.3) is 0 Å². The molecule has 9 heteroatoms. The van der Waals surface area contributed by atoms with Gasteiger partial charge < -0.3 is 25.6 Å². The number of carbonyl (C=O) groups is 4. The van der Waals surface area contributed by atoms with Crippen LogP contribution in [0.15, 0.2) is 12.2 Å². The van der Waals surface area contributed by atoms with E-state index >= 15 is 0 Å². The number of aliphatic hydroxyl groups is 1. The predicted molar refractivity (Wildman–Crippen MR) is 176 cm³/mol. The van der Waals surface area contributed by atoms with Gasteiger partial charge in [0, 0.05) is 12.8 Å². The molecule has 0 saturated carbocycles. The van der Waals surface area contributed by atoms with Crippen LogP contribution in [-0.4, -0.2) is 59.3 Å². The highest BCUT2D eigenvalue weighted by atomic mass is 16.5. The molecule has 0 bridgehead atoms. The first kappa shape index (κ1) is 41.6. The second-order valence-corrected chi connectivity index (χ2v) is 12.0. The Morgan fingerprint density at radius 2 is 1.20 bits per heavy atom. The maximum absolute atomic E-state index is 12.6. The molecule has 0 aliphatic heterocycles. The van der Waals surface area contributed by atoms with Gasteiger partial charge in [-0.15, -0.1) is 0 Å². The Kier molecular flexibility index (Phi) is 28.9. The molecule has 0 spiro atoms. The minimum atomic E-state index is -1.39.